The summed E-state index contributed by atoms with van der Waals surface area (Å²) >= 11 is 0. The van der Waals surface area contributed by atoms with Crippen LogP contribution in [-0.4, -0.2) is 41.6 Å². The largest absolute Gasteiger partial charge is 0.374 e. The number of aromatic nitrogens is 2. The maximum absolute atomic E-state index is 6.19. The Hall–Kier alpha value is -5.46. The highest BCUT2D eigenvalue weighted by atomic mass is 28.3. The molecule has 8 aromatic rings. The van der Waals surface area contributed by atoms with Crippen molar-refractivity contribution in [3.8, 4) is 22.3 Å². The number of ether oxygens (including phenoxy) is 2. The molecule has 0 radical (unpaired) electrons. The van der Waals surface area contributed by atoms with E-state index >= 15 is 0 Å². The SMILES string of the molecule is CC1=Cc2c(-c3ccc4c(c3)c3ccccc3n4CCOC(C)(C)C)cccc2C1[Si](C)(C)C1C(C)=Cc2c(-c3ccc4c(c3)c3ccccc3n4CCOC(C)(C)C)cccc21. The van der Waals surface area contributed by atoms with Gasteiger partial charge in [0.15, 0.2) is 0 Å². The summed E-state index contributed by atoms with van der Waals surface area (Å²) in [7, 11) is -2.09. The smallest absolute Gasteiger partial charge is 0.0722 e. The molecule has 0 saturated carbocycles. The van der Waals surface area contributed by atoms with Crippen LogP contribution < -0.4 is 0 Å². The normalized spacial score (nSPS) is 16.7. The maximum Gasteiger partial charge on any atom is 0.0722 e. The van der Waals surface area contributed by atoms with E-state index in [0.29, 0.717) is 24.3 Å². The zero-order valence-electron chi connectivity index (χ0n) is 38.9. The summed E-state index contributed by atoms with van der Waals surface area (Å²) in [6, 6.07) is 46.1. The lowest BCUT2D eigenvalue weighted by atomic mass is 9.95. The van der Waals surface area contributed by atoms with Gasteiger partial charge in [-0.2, -0.15) is 0 Å². The Morgan fingerprint density at radius 3 is 1.29 bits per heavy atom. The van der Waals surface area contributed by atoms with Crippen LogP contribution in [0.5, 0.6) is 0 Å². The second kappa shape index (κ2) is 15.4. The number of nitrogens with zero attached hydrogens (tertiary/aromatic N) is 2. The van der Waals surface area contributed by atoms with Crippen LogP contribution in [0.25, 0.3) is 78.0 Å². The first-order valence-electron chi connectivity index (χ1n) is 23.0. The van der Waals surface area contributed by atoms with Gasteiger partial charge in [0, 0.05) is 67.8 Å². The molecule has 5 heteroatoms. The molecule has 2 atom stereocenters. The highest BCUT2D eigenvalue weighted by molar-refractivity contribution is 6.81. The van der Waals surface area contributed by atoms with Crippen LogP contribution >= 0.6 is 0 Å². The fourth-order valence-electron chi connectivity index (χ4n) is 11.6. The van der Waals surface area contributed by atoms with Gasteiger partial charge in [-0.05, 0) is 136 Å². The van der Waals surface area contributed by atoms with Crippen molar-refractivity contribution in [2.75, 3.05) is 13.2 Å². The van der Waals surface area contributed by atoms with E-state index in [-0.39, 0.29) is 11.2 Å². The van der Waals surface area contributed by atoms with E-state index in [1.54, 1.807) is 0 Å². The molecule has 6 aromatic carbocycles. The third kappa shape index (κ3) is 7.23. The van der Waals surface area contributed by atoms with Gasteiger partial charge in [-0.1, -0.05) is 121 Å². The fourth-order valence-corrected chi connectivity index (χ4v) is 16.5. The topological polar surface area (TPSA) is 28.3 Å². The van der Waals surface area contributed by atoms with Crippen molar-refractivity contribution in [1.82, 2.24) is 9.13 Å². The first kappa shape index (κ1) is 41.5. The van der Waals surface area contributed by atoms with Gasteiger partial charge in [0.1, 0.15) is 0 Å². The molecule has 0 saturated heterocycles. The molecule has 0 aliphatic heterocycles. The summed E-state index contributed by atoms with van der Waals surface area (Å²) in [5.41, 5.74) is 19.5. The highest BCUT2D eigenvalue weighted by Gasteiger charge is 2.47. The molecular formula is C58H62N2O2Si. The molecule has 0 spiro atoms. The Morgan fingerprint density at radius 2 is 0.873 bits per heavy atom. The maximum atomic E-state index is 6.19. The zero-order chi connectivity index (χ0) is 44.0. The van der Waals surface area contributed by atoms with E-state index in [1.807, 2.05) is 0 Å². The van der Waals surface area contributed by atoms with Crippen molar-refractivity contribution in [3.05, 3.63) is 155 Å². The van der Waals surface area contributed by atoms with Crippen LogP contribution in [-0.2, 0) is 22.6 Å². The third-order valence-electron chi connectivity index (χ3n) is 13.9. The van der Waals surface area contributed by atoms with Crippen molar-refractivity contribution in [2.24, 2.45) is 0 Å². The summed E-state index contributed by atoms with van der Waals surface area (Å²) < 4.78 is 17.3. The van der Waals surface area contributed by atoms with Gasteiger partial charge in [0.2, 0.25) is 0 Å². The summed E-state index contributed by atoms with van der Waals surface area (Å²) in [5, 5.41) is 5.20. The fraction of sp³-hybridized carbons (Fsp3) is 0.310. The Morgan fingerprint density at radius 1 is 0.476 bits per heavy atom. The number of fused-ring (bicyclic) bond motifs is 8. The van der Waals surface area contributed by atoms with Crippen LogP contribution in [0, 0.1) is 0 Å². The van der Waals surface area contributed by atoms with Gasteiger partial charge in [-0.3, -0.25) is 0 Å². The van der Waals surface area contributed by atoms with E-state index < -0.39 is 8.07 Å². The van der Waals surface area contributed by atoms with Gasteiger partial charge in [0.05, 0.1) is 32.5 Å². The molecule has 4 nitrogen and oxygen atoms in total. The van der Waals surface area contributed by atoms with Crippen LogP contribution in [0.4, 0.5) is 0 Å². The van der Waals surface area contributed by atoms with Crippen molar-refractivity contribution in [1.29, 1.82) is 0 Å². The van der Waals surface area contributed by atoms with Crippen LogP contribution in [0.2, 0.25) is 13.1 Å². The summed E-state index contributed by atoms with van der Waals surface area (Å²) in [6.45, 7) is 25.8. The number of hydrogen-bond donors (Lipinski definition) is 0. The van der Waals surface area contributed by atoms with Crippen molar-refractivity contribution in [2.45, 2.75) is 104 Å². The van der Waals surface area contributed by atoms with Crippen LogP contribution in [0.15, 0.2) is 132 Å². The minimum absolute atomic E-state index is 0.165. The van der Waals surface area contributed by atoms with E-state index in [4.69, 9.17) is 9.47 Å². The van der Waals surface area contributed by atoms with Gasteiger partial charge < -0.3 is 18.6 Å². The lowest BCUT2D eigenvalue weighted by molar-refractivity contribution is -0.00646. The average molecular weight is 847 g/mol. The van der Waals surface area contributed by atoms with Crippen molar-refractivity contribution < 1.29 is 9.47 Å². The molecule has 0 bridgehead atoms. The number of para-hydroxylation sites is 2. The van der Waals surface area contributed by atoms with Crippen LogP contribution in [0.3, 0.4) is 0 Å². The second-order valence-corrected chi connectivity index (χ2v) is 25.6. The molecule has 2 aliphatic rings. The predicted molar refractivity (Wildman–Crippen MR) is 271 cm³/mol. The minimum atomic E-state index is -2.09. The summed E-state index contributed by atoms with van der Waals surface area (Å²) in [4.78, 5) is 0. The monoisotopic (exact) mass is 846 g/mol. The van der Waals surface area contributed by atoms with Crippen molar-refractivity contribution in [3.63, 3.8) is 0 Å². The minimum Gasteiger partial charge on any atom is -0.374 e. The number of rotatable bonds is 10. The first-order valence-corrected chi connectivity index (χ1v) is 26.2. The molecule has 10 rings (SSSR count). The van der Waals surface area contributed by atoms with Crippen molar-refractivity contribution >= 4 is 63.8 Å². The van der Waals surface area contributed by atoms with Gasteiger partial charge >= 0.3 is 0 Å². The Kier molecular flexibility index (Phi) is 10.1. The van der Waals surface area contributed by atoms with Gasteiger partial charge in [0.25, 0.3) is 0 Å². The third-order valence-corrected chi connectivity index (χ3v) is 18.4. The average Bonchev–Trinajstić information content (AvgIpc) is 3.96. The Bertz CT molecular complexity index is 2950. The number of hydrogen-bond acceptors (Lipinski definition) is 2. The highest BCUT2D eigenvalue weighted by Crippen LogP contribution is 2.54. The molecule has 63 heavy (non-hydrogen) atoms. The summed E-state index contributed by atoms with van der Waals surface area (Å²) in [6.07, 6.45) is 5.04. The molecule has 320 valence electrons. The van der Waals surface area contributed by atoms with E-state index in [9.17, 15) is 0 Å². The molecule has 2 aromatic heterocycles. The van der Waals surface area contributed by atoms with Gasteiger partial charge in [-0.15, -0.1) is 0 Å². The molecular weight excluding hydrogens is 785 g/mol. The van der Waals surface area contributed by atoms with E-state index in [1.165, 1.54) is 99.3 Å². The van der Waals surface area contributed by atoms with Gasteiger partial charge in [-0.25, -0.2) is 0 Å². The van der Waals surface area contributed by atoms with Crippen LogP contribution in [0.1, 0.15) is 88.7 Å². The zero-order valence-corrected chi connectivity index (χ0v) is 39.9. The summed E-state index contributed by atoms with van der Waals surface area (Å²) in [5.74, 6) is 0. The molecule has 2 unspecified atom stereocenters. The second-order valence-electron chi connectivity index (χ2n) is 20.8. The van der Waals surface area contributed by atoms with E-state index in [0.717, 1.165) is 13.1 Å². The lowest BCUT2D eigenvalue weighted by Gasteiger charge is -2.39. The Labute approximate surface area is 374 Å². The lowest BCUT2D eigenvalue weighted by Crippen LogP contribution is -2.42. The first-order chi connectivity index (χ1) is 30.1. The Balaban J connectivity index is 0.991. The molecule has 0 N–H and O–H groups in total. The molecule has 2 aliphatic carbocycles. The number of allylic oxidation sites excluding steroid dienone is 2. The standard InChI is InChI=1S/C58H62N2O2Si/c1-37-33-47-41(39-25-27-53-49(35-39)43-17-11-13-23-51(43)59(53)29-31-61-57(3,4)5)19-15-21-45(47)55(37)63(9,10)56-38(2)34-48-42(20-16-22-46(48)56)40-26-28-54-50(36-40)44-18-12-14-24-52(44)60(54)30-32-62-58(6,7)8/h11-28,33-36,55-56H,29-32H2,1-10H3. The molecule has 0 fully saturated rings. The predicted octanol–water partition coefficient (Wildman–Crippen LogP) is 15.4. The molecule has 0 amide bonds. The quantitative estimate of drug-likeness (QED) is 0.128. The molecule has 2 heterocycles. The number of benzene rings is 6. The van der Waals surface area contributed by atoms with E-state index in [2.05, 4.69) is 211 Å².